The highest BCUT2D eigenvalue weighted by Crippen LogP contribution is 2.32. The number of hydrogen-bond acceptors (Lipinski definition) is 2. The van der Waals surface area contributed by atoms with Crippen LogP contribution >= 0.6 is 0 Å². The SMILES string of the molecule is CCCCCCCc1c(CCCC(C)C)cc2ccccc2c1S(=O)(=O)O. The van der Waals surface area contributed by atoms with Gasteiger partial charge in [-0.05, 0) is 48.1 Å². The van der Waals surface area contributed by atoms with Crippen LogP contribution in [0.5, 0.6) is 0 Å². The Morgan fingerprint density at radius 1 is 0.963 bits per heavy atom. The van der Waals surface area contributed by atoms with E-state index in [1.807, 2.05) is 18.2 Å². The fourth-order valence-electron chi connectivity index (χ4n) is 3.81. The molecule has 0 aliphatic heterocycles. The van der Waals surface area contributed by atoms with E-state index in [0.29, 0.717) is 17.7 Å². The highest BCUT2D eigenvalue weighted by atomic mass is 32.2. The van der Waals surface area contributed by atoms with Crippen molar-refractivity contribution in [2.24, 2.45) is 5.92 Å². The number of aryl methyl sites for hydroxylation is 1. The predicted molar refractivity (Wildman–Crippen MR) is 114 cm³/mol. The molecule has 2 rings (SSSR count). The molecule has 2 aromatic carbocycles. The van der Waals surface area contributed by atoms with Gasteiger partial charge in [-0.2, -0.15) is 8.42 Å². The Morgan fingerprint density at radius 3 is 2.33 bits per heavy atom. The molecule has 0 amide bonds. The van der Waals surface area contributed by atoms with E-state index >= 15 is 0 Å². The lowest BCUT2D eigenvalue weighted by molar-refractivity contribution is 0.482. The third-order valence-corrected chi connectivity index (χ3v) is 6.19. The molecule has 0 heterocycles. The van der Waals surface area contributed by atoms with Crippen molar-refractivity contribution in [2.45, 2.75) is 83.5 Å². The minimum atomic E-state index is -4.27. The topological polar surface area (TPSA) is 54.4 Å². The van der Waals surface area contributed by atoms with Gasteiger partial charge in [-0.1, -0.05) is 83.2 Å². The van der Waals surface area contributed by atoms with Gasteiger partial charge in [0.05, 0.1) is 0 Å². The fourth-order valence-corrected chi connectivity index (χ4v) is 4.82. The largest absolute Gasteiger partial charge is 0.295 e. The van der Waals surface area contributed by atoms with Crippen LogP contribution in [0.3, 0.4) is 0 Å². The molecule has 0 bridgehead atoms. The van der Waals surface area contributed by atoms with Gasteiger partial charge >= 0.3 is 0 Å². The smallest absolute Gasteiger partial charge is 0.282 e. The Bertz CT molecular complexity index is 838. The van der Waals surface area contributed by atoms with Crippen molar-refractivity contribution in [2.75, 3.05) is 0 Å². The first-order chi connectivity index (χ1) is 12.8. The molecule has 0 aliphatic rings. The molecule has 0 radical (unpaired) electrons. The zero-order valence-corrected chi connectivity index (χ0v) is 17.8. The molecule has 0 spiro atoms. The lowest BCUT2D eigenvalue weighted by Gasteiger charge is -2.17. The second-order valence-corrected chi connectivity index (χ2v) is 9.35. The Balaban J connectivity index is 2.44. The Labute approximate surface area is 164 Å². The van der Waals surface area contributed by atoms with E-state index in [4.69, 9.17) is 0 Å². The van der Waals surface area contributed by atoms with Gasteiger partial charge in [-0.15, -0.1) is 0 Å². The first-order valence-corrected chi connectivity index (χ1v) is 11.8. The van der Waals surface area contributed by atoms with Crippen LogP contribution in [-0.4, -0.2) is 13.0 Å². The van der Waals surface area contributed by atoms with E-state index in [0.717, 1.165) is 48.6 Å². The molecule has 0 aromatic heterocycles. The monoisotopic (exact) mass is 390 g/mol. The molecule has 1 N–H and O–H groups in total. The molecular weight excluding hydrogens is 356 g/mol. The second-order valence-electron chi connectivity index (χ2n) is 7.99. The standard InChI is InChI=1S/C23H34O3S/c1-4-5-6-7-8-15-21-20(14-11-12-18(2)3)17-19-13-9-10-16-22(19)23(21)27(24,25)26/h9-10,13,16-18H,4-8,11-12,14-15H2,1-3H3,(H,24,25,26). The maximum absolute atomic E-state index is 12.3. The summed E-state index contributed by atoms with van der Waals surface area (Å²) >= 11 is 0. The van der Waals surface area contributed by atoms with E-state index in [-0.39, 0.29) is 4.90 Å². The fraction of sp³-hybridized carbons (Fsp3) is 0.565. The van der Waals surface area contributed by atoms with Crippen molar-refractivity contribution in [3.63, 3.8) is 0 Å². The van der Waals surface area contributed by atoms with Crippen LogP contribution in [0.1, 0.15) is 76.8 Å². The minimum absolute atomic E-state index is 0.135. The molecule has 27 heavy (non-hydrogen) atoms. The first kappa shape index (κ1) is 21.9. The summed E-state index contributed by atoms with van der Waals surface area (Å²) in [7, 11) is -4.27. The van der Waals surface area contributed by atoms with Gasteiger partial charge in [0.1, 0.15) is 4.90 Å². The number of hydrogen-bond donors (Lipinski definition) is 1. The summed E-state index contributed by atoms with van der Waals surface area (Å²) in [6.07, 6.45) is 9.34. The molecule has 2 aromatic rings. The van der Waals surface area contributed by atoms with Crippen molar-refractivity contribution >= 4 is 20.9 Å². The summed E-state index contributed by atoms with van der Waals surface area (Å²) in [5.74, 6) is 0.629. The summed E-state index contributed by atoms with van der Waals surface area (Å²) in [4.78, 5) is 0.135. The zero-order valence-electron chi connectivity index (χ0n) is 17.0. The van der Waals surface area contributed by atoms with E-state index in [2.05, 4.69) is 26.8 Å². The average molecular weight is 391 g/mol. The maximum Gasteiger partial charge on any atom is 0.295 e. The van der Waals surface area contributed by atoms with Crippen molar-refractivity contribution in [3.05, 3.63) is 41.5 Å². The third-order valence-electron chi connectivity index (χ3n) is 5.21. The Hall–Kier alpha value is -1.39. The summed E-state index contributed by atoms with van der Waals surface area (Å²) in [6.45, 7) is 6.60. The normalized spacial score (nSPS) is 12.2. The summed E-state index contributed by atoms with van der Waals surface area (Å²) in [5.41, 5.74) is 1.91. The number of fused-ring (bicyclic) bond motifs is 1. The van der Waals surface area contributed by atoms with Crippen LogP contribution in [0.25, 0.3) is 10.8 Å². The Morgan fingerprint density at radius 2 is 1.67 bits per heavy atom. The predicted octanol–water partition coefficient (Wildman–Crippen LogP) is 6.58. The minimum Gasteiger partial charge on any atom is -0.282 e. The van der Waals surface area contributed by atoms with Crippen LogP contribution in [0.15, 0.2) is 35.2 Å². The van der Waals surface area contributed by atoms with Gasteiger partial charge in [0.25, 0.3) is 10.1 Å². The average Bonchev–Trinajstić information content (AvgIpc) is 2.60. The van der Waals surface area contributed by atoms with E-state index < -0.39 is 10.1 Å². The summed E-state index contributed by atoms with van der Waals surface area (Å²) < 4.78 is 34.6. The molecule has 150 valence electrons. The molecule has 0 saturated heterocycles. The maximum atomic E-state index is 12.3. The molecular formula is C23H34O3S. The summed E-state index contributed by atoms with van der Waals surface area (Å²) in [6, 6.07) is 9.61. The van der Waals surface area contributed by atoms with Gasteiger partial charge in [-0.3, -0.25) is 4.55 Å². The number of unbranched alkanes of at least 4 members (excludes halogenated alkanes) is 4. The lowest BCUT2D eigenvalue weighted by atomic mass is 9.92. The van der Waals surface area contributed by atoms with Crippen LogP contribution in [-0.2, 0) is 23.0 Å². The van der Waals surface area contributed by atoms with Crippen LogP contribution in [0.2, 0.25) is 0 Å². The Kier molecular flexibility index (Phi) is 8.30. The van der Waals surface area contributed by atoms with Gasteiger partial charge in [0.2, 0.25) is 0 Å². The molecule has 0 aliphatic carbocycles. The molecule has 4 heteroatoms. The van der Waals surface area contributed by atoms with E-state index in [9.17, 15) is 13.0 Å². The second kappa shape index (κ2) is 10.2. The van der Waals surface area contributed by atoms with E-state index in [1.165, 1.54) is 19.3 Å². The third kappa shape index (κ3) is 6.32. The van der Waals surface area contributed by atoms with Crippen LogP contribution in [0, 0.1) is 5.92 Å². The van der Waals surface area contributed by atoms with Crippen LogP contribution < -0.4 is 0 Å². The van der Waals surface area contributed by atoms with Gasteiger partial charge in [-0.25, -0.2) is 0 Å². The molecule has 0 unspecified atom stereocenters. The molecule has 3 nitrogen and oxygen atoms in total. The zero-order chi connectivity index (χ0) is 19.9. The molecule has 0 fully saturated rings. The van der Waals surface area contributed by atoms with E-state index in [1.54, 1.807) is 6.07 Å². The highest BCUT2D eigenvalue weighted by Gasteiger charge is 2.22. The first-order valence-electron chi connectivity index (χ1n) is 10.4. The quantitative estimate of drug-likeness (QED) is 0.348. The van der Waals surface area contributed by atoms with Crippen molar-refractivity contribution in [1.82, 2.24) is 0 Å². The molecule has 0 saturated carbocycles. The van der Waals surface area contributed by atoms with Gasteiger partial charge < -0.3 is 0 Å². The van der Waals surface area contributed by atoms with Crippen molar-refractivity contribution in [3.8, 4) is 0 Å². The molecule has 0 atom stereocenters. The number of rotatable bonds is 11. The van der Waals surface area contributed by atoms with Gasteiger partial charge in [0, 0.05) is 5.39 Å². The highest BCUT2D eigenvalue weighted by molar-refractivity contribution is 7.86. The van der Waals surface area contributed by atoms with Crippen molar-refractivity contribution in [1.29, 1.82) is 0 Å². The lowest BCUT2D eigenvalue weighted by Crippen LogP contribution is -2.08. The van der Waals surface area contributed by atoms with Gasteiger partial charge in [0.15, 0.2) is 0 Å². The summed E-state index contributed by atoms with van der Waals surface area (Å²) in [5, 5.41) is 1.52. The van der Waals surface area contributed by atoms with Crippen LogP contribution in [0.4, 0.5) is 0 Å². The van der Waals surface area contributed by atoms with Crippen molar-refractivity contribution < 1.29 is 13.0 Å². The number of benzene rings is 2.